The number of rotatable bonds is 0. The first-order valence-corrected chi connectivity index (χ1v) is 3.51. The predicted molar refractivity (Wildman–Crippen MR) is 38.3 cm³/mol. The van der Waals surface area contributed by atoms with Crippen LogP contribution in [0.3, 0.4) is 0 Å². The molecular weight excluding hydrogens is 198 g/mol. The van der Waals surface area contributed by atoms with Crippen LogP contribution < -0.4 is 0 Å². The third-order valence-corrected chi connectivity index (χ3v) is 1.26. The number of halogens is 3. The summed E-state index contributed by atoms with van der Waals surface area (Å²) in [5.74, 6) is 0.441. The molecule has 6 heteroatoms. The predicted octanol–water partition coefficient (Wildman–Crippen LogP) is 2.20. The molecule has 1 heterocycles. The minimum absolute atomic E-state index is 0.00463. The van der Waals surface area contributed by atoms with E-state index in [2.05, 4.69) is 14.7 Å². The zero-order valence-corrected chi connectivity index (χ0v) is 7.20. The van der Waals surface area contributed by atoms with Gasteiger partial charge >= 0.3 is 0 Å². The van der Waals surface area contributed by atoms with Crippen molar-refractivity contribution in [2.75, 3.05) is 0 Å². The second kappa shape index (κ2) is 2.57. The van der Waals surface area contributed by atoms with E-state index in [0.29, 0.717) is 5.82 Å². The zero-order chi connectivity index (χ0) is 7.78. The topological polar surface area (TPSA) is 38.9 Å². The molecule has 0 fully saturated rings. The SMILES string of the molecule is Cc1noc(C(Cl)(Cl)Cl)n1. The standard InChI is InChI=1S/C4H3Cl3N2O/c1-2-8-3(10-9-2)4(5,6)7/h1H3. The summed E-state index contributed by atoms with van der Waals surface area (Å²) in [5, 5.41) is 3.44. The lowest BCUT2D eigenvalue weighted by atomic mass is 10.7. The molecule has 0 aliphatic rings. The molecule has 1 aromatic heterocycles. The molecular formula is C4H3Cl3N2O. The molecule has 0 amide bonds. The summed E-state index contributed by atoms with van der Waals surface area (Å²) in [6.45, 7) is 1.64. The van der Waals surface area contributed by atoms with Crippen molar-refractivity contribution in [2.45, 2.75) is 10.7 Å². The maximum atomic E-state index is 5.41. The van der Waals surface area contributed by atoms with Crippen molar-refractivity contribution >= 4 is 34.8 Å². The highest BCUT2D eigenvalue weighted by Gasteiger charge is 2.29. The zero-order valence-electron chi connectivity index (χ0n) is 4.94. The maximum absolute atomic E-state index is 5.41. The van der Waals surface area contributed by atoms with Crippen molar-refractivity contribution < 1.29 is 4.52 Å². The van der Waals surface area contributed by atoms with Crippen LogP contribution in [0.4, 0.5) is 0 Å². The monoisotopic (exact) mass is 200 g/mol. The summed E-state index contributed by atoms with van der Waals surface area (Å²) in [4.78, 5) is 3.71. The fraction of sp³-hybridized carbons (Fsp3) is 0.500. The van der Waals surface area contributed by atoms with Crippen LogP contribution >= 0.6 is 34.8 Å². The molecule has 10 heavy (non-hydrogen) atoms. The molecule has 0 atom stereocenters. The molecule has 0 N–H and O–H groups in total. The van der Waals surface area contributed by atoms with Gasteiger partial charge in [-0.05, 0) is 6.92 Å². The van der Waals surface area contributed by atoms with Crippen LogP contribution in [0, 0.1) is 6.92 Å². The van der Waals surface area contributed by atoms with Crippen molar-refractivity contribution in [1.29, 1.82) is 0 Å². The van der Waals surface area contributed by atoms with Crippen LogP contribution in [0.5, 0.6) is 0 Å². The second-order valence-electron chi connectivity index (χ2n) is 1.64. The molecule has 0 aliphatic carbocycles. The van der Waals surface area contributed by atoms with Gasteiger partial charge in [0, 0.05) is 0 Å². The first-order chi connectivity index (χ1) is 4.50. The van der Waals surface area contributed by atoms with Gasteiger partial charge < -0.3 is 4.52 Å². The maximum Gasteiger partial charge on any atom is 0.278 e. The number of alkyl halides is 3. The molecule has 0 saturated carbocycles. The summed E-state index contributed by atoms with van der Waals surface area (Å²) in [6, 6.07) is 0. The summed E-state index contributed by atoms with van der Waals surface area (Å²) in [7, 11) is 0. The highest BCUT2D eigenvalue weighted by molar-refractivity contribution is 6.66. The van der Waals surface area contributed by atoms with Crippen LogP contribution in [-0.2, 0) is 3.79 Å². The molecule has 1 rings (SSSR count). The molecule has 56 valence electrons. The Morgan fingerprint density at radius 3 is 2.20 bits per heavy atom. The van der Waals surface area contributed by atoms with Gasteiger partial charge in [0.25, 0.3) is 9.68 Å². The number of nitrogens with zero attached hydrogens (tertiary/aromatic N) is 2. The number of hydrogen-bond acceptors (Lipinski definition) is 3. The molecule has 0 spiro atoms. The van der Waals surface area contributed by atoms with Crippen molar-refractivity contribution in [3.8, 4) is 0 Å². The summed E-state index contributed by atoms with van der Waals surface area (Å²) < 4.78 is 2.96. The third-order valence-electron chi connectivity index (χ3n) is 0.770. The second-order valence-corrected chi connectivity index (χ2v) is 3.93. The fourth-order valence-electron chi connectivity index (χ4n) is 0.412. The number of aryl methyl sites for hydroxylation is 1. The van der Waals surface area contributed by atoms with E-state index in [9.17, 15) is 0 Å². The molecule has 3 nitrogen and oxygen atoms in total. The van der Waals surface area contributed by atoms with E-state index in [1.54, 1.807) is 6.92 Å². The van der Waals surface area contributed by atoms with Crippen molar-refractivity contribution in [3.63, 3.8) is 0 Å². The first-order valence-electron chi connectivity index (χ1n) is 2.37. The quantitative estimate of drug-likeness (QED) is 0.604. The van der Waals surface area contributed by atoms with Crippen LogP contribution in [0.1, 0.15) is 11.7 Å². The summed E-state index contributed by atoms with van der Waals surface area (Å²) in [5.41, 5.74) is 0. The lowest BCUT2D eigenvalue weighted by molar-refractivity contribution is 0.379. The van der Waals surface area contributed by atoms with Crippen molar-refractivity contribution in [2.24, 2.45) is 0 Å². The minimum Gasteiger partial charge on any atom is -0.335 e. The molecule has 0 bridgehead atoms. The van der Waals surface area contributed by atoms with Gasteiger partial charge in [-0.15, -0.1) is 0 Å². The Morgan fingerprint density at radius 1 is 1.40 bits per heavy atom. The molecule has 0 unspecified atom stereocenters. The van der Waals surface area contributed by atoms with E-state index >= 15 is 0 Å². The average Bonchev–Trinajstić information content (AvgIpc) is 2.11. The van der Waals surface area contributed by atoms with Crippen LogP contribution in [0.15, 0.2) is 4.52 Å². The summed E-state index contributed by atoms with van der Waals surface area (Å²) in [6.07, 6.45) is 0. The molecule has 1 aromatic rings. The van der Waals surface area contributed by atoms with Gasteiger partial charge in [0.05, 0.1) is 0 Å². The average molecular weight is 201 g/mol. The number of aromatic nitrogens is 2. The van der Waals surface area contributed by atoms with E-state index in [4.69, 9.17) is 34.8 Å². The molecule has 0 aromatic carbocycles. The highest BCUT2D eigenvalue weighted by Crippen LogP contribution is 2.36. The van der Waals surface area contributed by atoms with Gasteiger partial charge in [-0.1, -0.05) is 40.0 Å². The molecule has 0 aliphatic heterocycles. The van der Waals surface area contributed by atoms with Gasteiger partial charge in [-0.3, -0.25) is 0 Å². The fourth-order valence-corrected chi connectivity index (χ4v) is 0.642. The van der Waals surface area contributed by atoms with E-state index in [1.807, 2.05) is 0 Å². The lowest BCUT2D eigenvalue weighted by Crippen LogP contribution is -1.99. The third kappa shape index (κ3) is 1.75. The van der Waals surface area contributed by atoms with E-state index in [1.165, 1.54) is 0 Å². The molecule has 0 radical (unpaired) electrons. The van der Waals surface area contributed by atoms with Gasteiger partial charge in [0.2, 0.25) is 0 Å². The molecule has 0 saturated heterocycles. The normalized spacial score (nSPS) is 12.0. The van der Waals surface area contributed by atoms with Crippen LogP contribution in [0.2, 0.25) is 0 Å². The minimum atomic E-state index is -1.61. The van der Waals surface area contributed by atoms with Gasteiger partial charge in [0.1, 0.15) is 0 Å². The Bertz CT molecular complexity index is 229. The van der Waals surface area contributed by atoms with Crippen molar-refractivity contribution in [1.82, 2.24) is 10.1 Å². The Kier molecular flexibility index (Phi) is 2.08. The largest absolute Gasteiger partial charge is 0.335 e. The van der Waals surface area contributed by atoms with Crippen LogP contribution in [0.25, 0.3) is 0 Å². The van der Waals surface area contributed by atoms with E-state index < -0.39 is 3.79 Å². The first kappa shape index (κ1) is 8.11. The summed E-state index contributed by atoms with van der Waals surface area (Å²) >= 11 is 16.2. The van der Waals surface area contributed by atoms with Crippen LogP contribution in [-0.4, -0.2) is 10.1 Å². The lowest BCUT2D eigenvalue weighted by Gasteiger charge is -2.00. The Morgan fingerprint density at radius 2 is 2.00 bits per heavy atom. The van der Waals surface area contributed by atoms with Gasteiger partial charge in [-0.2, -0.15) is 4.98 Å². The van der Waals surface area contributed by atoms with E-state index in [-0.39, 0.29) is 5.89 Å². The Hall–Kier alpha value is 0.01000. The van der Waals surface area contributed by atoms with E-state index in [0.717, 1.165) is 0 Å². The highest BCUT2D eigenvalue weighted by atomic mass is 35.6. The number of hydrogen-bond donors (Lipinski definition) is 0. The Labute approximate surface area is 72.3 Å². The van der Waals surface area contributed by atoms with Crippen molar-refractivity contribution in [3.05, 3.63) is 11.7 Å². The van der Waals surface area contributed by atoms with Gasteiger partial charge in [-0.25, -0.2) is 0 Å². The van der Waals surface area contributed by atoms with Gasteiger partial charge in [0.15, 0.2) is 5.82 Å². The smallest absolute Gasteiger partial charge is 0.278 e. The Balaban J connectivity index is 2.96.